The van der Waals surface area contributed by atoms with Crippen molar-refractivity contribution in [1.29, 1.82) is 0 Å². The van der Waals surface area contributed by atoms with Crippen LogP contribution >= 0.6 is 0 Å². The monoisotopic (exact) mass is 290 g/mol. The quantitative estimate of drug-likeness (QED) is 0.777. The van der Waals surface area contributed by atoms with E-state index < -0.39 is 12.0 Å². The maximum absolute atomic E-state index is 14.3. The molecule has 1 heterocycles. The van der Waals surface area contributed by atoms with Crippen LogP contribution in [0, 0.1) is 11.8 Å². The number of alkyl halides is 2. The number of nitrogens with zero attached hydrogens (tertiary/aromatic N) is 2. The second-order valence-electron chi connectivity index (χ2n) is 6.63. The van der Waals surface area contributed by atoms with Crippen molar-refractivity contribution in [2.75, 3.05) is 26.7 Å². The first-order valence-electron chi connectivity index (χ1n) is 7.52. The summed E-state index contributed by atoms with van der Waals surface area (Å²) in [6.45, 7) is 8.80. The summed E-state index contributed by atoms with van der Waals surface area (Å²) < 4.78 is 28.6. The molecule has 0 saturated carbocycles. The molecule has 0 aromatic rings. The average Bonchev–Trinajstić information content (AvgIpc) is 2.33. The van der Waals surface area contributed by atoms with Gasteiger partial charge in [0.1, 0.15) is 0 Å². The number of hydrogen-bond donors (Lipinski definition) is 0. The van der Waals surface area contributed by atoms with Gasteiger partial charge in [0, 0.05) is 19.5 Å². The van der Waals surface area contributed by atoms with Crippen molar-refractivity contribution in [3.63, 3.8) is 0 Å². The minimum Gasteiger partial charge on any atom is -0.336 e. The van der Waals surface area contributed by atoms with E-state index >= 15 is 0 Å². The van der Waals surface area contributed by atoms with E-state index in [1.165, 1.54) is 11.9 Å². The Morgan fingerprint density at radius 3 is 2.40 bits per heavy atom. The van der Waals surface area contributed by atoms with Crippen molar-refractivity contribution in [1.82, 2.24) is 9.80 Å². The molecule has 0 aromatic heterocycles. The van der Waals surface area contributed by atoms with E-state index in [1.807, 2.05) is 4.90 Å². The van der Waals surface area contributed by atoms with Crippen LogP contribution in [0.2, 0.25) is 0 Å². The summed E-state index contributed by atoms with van der Waals surface area (Å²) >= 11 is 0. The Morgan fingerprint density at radius 1 is 1.35 bits per heavy atom. The Balaban J connectivity index is 2.63. The van der Waals surface area contributed by atoms with Gasteiger partial charge in [-0.2, -0.15) is 0 Å². The molecule has 20 heavy (non-hydrogen) atoms. The van der Waals surface area contributed by atoms with Crippen LogP contribution in [0.3, 0.4) is 0 Å². The Hall–Kier alpha value is -0.710. The van der Waals surface area contributed by atoms with Gasteiger partial charge in [0.15, 0.2) is 0 Å². The van der Waals surface area contributed by atoms with Gasteiger partial charge < -0.3 is 4.90 Å². The van der Waals surface area contributed by atoms with Gasteiger partial charge in [0.2, 0.25) is 5.91 Å². The highest BCUT2D eigenvalue weighted by Crippen LogP contribution is 2.31. The molecular formula is C15H28F2N2O. The summed E-state index contributed by atoms with van der Waals surface area (Å²) in [6, 6.07) is -0.965. The molecule has 1 atom stereocenters. The first-order chi connectivity index (χ1) is 9.15. The molecule has 0 unspecified atom stereocenters. The van der Waals surface area contributed by atoms with Crippen LogP contribution in [0.1, 0.15) is 40.5 Å². The fourth-order valence-electron chi connectivity index (χ4n) is 2.67. The van der Waals surface area contributed by atoms with Crippen molar-refractivity contribution < 1.29 is 13.6 Å². The number of halogens is 2. The number of carbonyl (C=O) groups excluding carboxylic acids is 1. The van der Waals surface area contributed by atoms with E-state index in [9.17, 15) is 13.6 Å². The van der Waals surface area contributed by atoms with E-state index in [1.54, 1.807) is 13.8 Å². The van der Waals surface area contributed by atoms with E-state index in [4.69, 9.17) is 0 Å². The van der Waals surface area contributed by atoms with Gasteiger partial charge in [-0.15, -0.1) is 0 Å². The maximum atomic E-state index is 14.3. The molecule has 1 saturated heterocycles. The van der Waals surface area contributed by atoms with Crippen molar-refractivity contribution >= 4 is 5.91 Å². The lowest BCUT2D eigenvalue weighted by Gasteiger charge is -2.42. The molecule has 0 aliphatic carbocycles. The standard InChI is InChI=1S/C15H28F2N2O/c1-11(2)6-8-19-9-7-13(15(16,17)10-19)18(5)14(20)12(3)4/h11-13H,6-10H2,1-5H3/t13-/m0/s1. The molecule has 1 rings (SSSR count). The van der Waals surface area contributed by atoms with Crippen LogP contribution in [0.15, 0.2) is 0 Å². The Labute approximate surface area is 121 Å². The highest BCUT2D eigenvalue weighted by molar-refractivity contribution is 5.78. The van der Waals surface area contributed by atoms with E-state index in [0.29, 0.717) is 25.4 Å². The van der Waals surface area contributed by atoms with Gasteiger partial charge >= 0.3 is 0 Å². The summed E-state index contributed by atoms with van der Waals surface area (Å²) in [4.78, 5) is 15.0. The predicted molar refractivity (Wildman–Crippen MR) is 76.9 cm³/mol. The van der Waals surface area contributed by atoms with Gasteiger partial charge in [-0.3, -0.25) is 9.69 Å². The SMILES string of the molecule is CC(C)CCN1CC[C@H](N(C)C(=O)C(C)C)C(F)(F)C1. The molecule has 0 bridgehead atoms. The van der Waals surface area contributed by atoms with Gasteiger partial charge in [-0.25, -0.2) is 8.78 Å². The van der Waals surface area contributed by atoms with Crippen LogP contribution in [0.4, 0.5) is 8.78 Å². The molecule has 1 aliphatic rings. The number of hydrogen-bond acceptors (Lipinski definition) is 2. The minimum absolute atomic E-state index is 0.203. The van der Waals surface area contributed by atoms with Crippen molar-refractivity contribution in [2.24, 2.45) is 11.8 Å². The minimum atomic E-state index is -2.82. The lowest BCUT2D eigenvalue weighted by Crippen LogP contribution is -2.59. The Bertz CT molecular complexity index is 332. The number of carbonyl (C=O) groups is 1. The molecule has 0 N–H and O–H groups in total. The Kier molecular flexibility index (Phi) is 5.92. The van der Waals surface area contributed by atoms with Crippen molar-refractivity contribution in [3.8, 4) is 0 Å². The highest BCUT2D eigenvalue weighted by Gasteiger charge is 2.47. The first kappa shape index (κ1) is 17.3. The topological polar surface area (TPSA) is 23.6 Å². The zero-order valence-corrected chi connectivity index (χ0v) is 13.3. The zero-order chi connectivity index (χ0) is 15.5. The van der Waals surface area contributed by atoms with E-state index in [2.05, 4.69) is 13.8 Å². The van der Waals surface area contributed by atoms with Gasteiger partial charge in [0.05, 0.1) is 12.6 Å². The number of rotatable bonds is 5. The van der Waals surface area contributed by atoms with Gasteiger partial charge in [-0.1, -0.05) is 27.7 Å². The third-order valence-corrected chi connectivity index (χ3v) is 3.97. The van der Waals surface area contributed by atoms with Crippen LogP contribution in [0.25, 0.3) is 0 Å². The summed E-state index contributed by atoms with van der Waals surface area (Å²) in [5, 5.41) is 0. The second-order valence-corrected chi connectivity index (χ2v) is 6.63. The average molecular weight is 290 g/mol. The van der Waals surface area contributed by atoms with Crippen LogP contribution in [-0.2, 0) is 4.79 Å². The molecule has 5 heteroatoms. The summed E-state index contributed by atoms with van der Waals surface area (Å²) in [7, 11) is 1.50. The number of piperidine rings is 1. The summed E-state index contributed by atoms with van der Waals surface area (Å²) in [5.74, 6) is -2.75. The molecule has 0 radical (unpaired) electrons. The van der Waals surface area contributed by atoms with Crippen molar-refractivity contribution in [3.05, 3.63) is 0 Å². The molecular weight excluding hydrogens is 262 g/mol. The molecule has 0 spiro atoms. The largest absolute Gasteiger partial charge is 0.336 e. The highest BCUT2D eigenvalue weighted by atomic mass is 19.3. The van der Waals surface area contributed by atoms with Crippen LogP contribution < -0.4 is 0 Å². The van der Waals surface area contributed by atoms with Crippen molar-refractivity contribution in [2.45, 2.75) is 52.5 Å². The van der Waals surface area contributed by atoms with E-state index in [-0.39, 0.29) is 18.4 Å². The van der Waals surface area contributed by atoms with E-state index in [0.717, 1.165) is 6.42 Å². The third kappa shape index (κ3) is 4.40. The Morgan fingerprint density at radius 2 is 1.95 bits per heavy atom. The zero-order valence-electron chi connectivity index (χ0n) is 13.3. The molecule has 1 fully saturated rings. The number of amides is 1. The molecule has 1 aliphatic heterocycles. The number of likely N-dealkylation sites (tertiary alicyclic amines) is 1. The lowest BCUT2D eigenvalue weighted by atomic mass is 9.97. The lowest BCUT2D eigenvalue weighted by molar-refractivity contribution is -0.156. The van der Waals surface area contributed by atoms with Gasteiger partial charge in [0.25, 0.3) is 5.92 Å². The maximum Gasteiger partial charge on any atom is 0.280 e. The fourth-order valence-corrected chi connectivity index (χ4v) is 2.67. The smallest absolute Gasteiger partial charge is 0.280 e. The second kappa shape index (κ2) is 6.83. The molecule has 118 valence electrons. The molecule has 1 amide bonds. The summed E-state index contributed by atoms with van der Waals surface area (Å²) in [5.41, 5.74) is 0. The normalized spacial score (nSPS) is 23.4. The van der Waals surface area contributed by atoms with Crippen LogP contribution in [-0.4, -0.2) is 54.4 Å². The predicted octanol–water partition coefficient (Wildman–Crippen LogP) is 2.86. The van der Waals surface area contributed by atoms with Gasteiger partial charge in [-0.05, 0) is 25.3 Å². The first-order valence-corrected chi connectivity index (χ1v) is 7.52. The molecule has 0 aromatic carbocycles. The van der Waals surface area contributed by atoms with Crippen LogP contribution in [0.5, 0.6) is 0 Å². The molecule has 3 nitrogen and oxygen atoms in total. The fraction of sp³-hybridized carbons (Fsp3) is 0.933. The summed E-state index contributed by atoms with van der Waals surface area (Å²) in [6.07, 6.45) is 1.28. The third-order valence-electron chi connectivity index (χ3n) is 3.97.